The summed E-state index contributed by atoms with van der Waals surface area (Å²) >= 11 is 12.1. The first-order chi connectivity index (χ1) is 8.16. The molecule has 1 fully saturated rings. The molecule has 1 aromatic heterocycles. The van der Waals surface area contributed by atoms with Crippen molar-refractivity contribution in [2.24, 2.45) is 0 Å². The topological polar surface area (TPSA) is 20.2 Å². The first-order valence-corrected chi connectivity index (χ1v) is 6.69. The van der Waals surface area contributed by atoms with Gasteiger partial charge in [-0.15, -0.1) is 0 Å². The van der Waals surface area contributed by atoms with E-state index < -0.39 is 0 Å². The third-order valence-electron chi connectivity index (χ3n) is 4.08. The molecule has 3 rings (SSSR count). The van der Waals surface area contributed by atoms with Crippen LogP contribution in [0.5, 0.6) is 0 Å². The van der Waals surface area contributed by atoms with Gasteiger partial charge in [0.2, 0.25) is 0 Å². The van der Waals surface area contributed by atoms with Crippen LogP contribution in [-0.2, 0) is 5.41 Å². The molecule has 1 saturated carbocycles. The Hall–Kier alpha value is -0.800. The van der Waals surface area contributed by atoms with Gasteiger partial charge in [-0.05, 0) is 31.4 Å². The predicted octanol–water partition coefficient (Wildman–Crippen LogP) is 3.78. The Kier molecular flexibility index (Phi) is 2.56. The van der Waals surface area contributed by atoms with Crippen LogP contribution in [0.1, 0.15) is 44.0 Å². The largest absolute Gasteiger partial charge is 0.243 e. The lowest BCUT2D eigenvalue weighted by Crippen LogP contribution is -2.40. The molecule has 1 aliphatic carbocycles. The van der Waals surface area contributed by atoms with E-state index in [-0.39, 0.29) is 0 Å². The maximum Gasteiger partial charge on any atom is 0.0857 e. The zero-order valence-corrected chi connectivity index (χ0v) is 11.2. The minimum Gasteiger partial charge on any atom is -0.243 e. The van der Waals surface area contributed by atoms with Gasteiger partial charge in [0.25, 0.3) is 0 Å². The highest BCUT2D eigenvalue weighted by atomic mass is 35.5. The minimum absolute atomic E-state index is 0.303. The first-order valence-electron chi connectivity index (χ1n) is 5.98. The third kappa shape index (κ3) is 1.56. The molecular formula is C12H15Cl2N3. The lowest BCUT2D eigenvalue weighted by molar-refractivity contribution is 0.220. The summed E-state index contributed by atoms with van der Waals surface area (Å²) in [6.07, 6.45) is 6.63. The zero-order chi connectivity index (χ0) is 12.0. The van der Waals surface area contributed by atoms with Gasteiger partial charge in [0, 0.05) is 22.9 Å². The van der Waals surface area contributed by atoms with Crippen molar-refractivity contribution in [1.29, 1.82) is 0 Å². The highest BCUT2D eigenvalue weighted by molar-refractivity contribution is 6.48. The lowest BCUT2D eigenvalue weighted by atomic mass is 9.65. The van der Waals surface area contributed by atoms with Crippen molar-refractivity contribution in [3.8, 4) is 0 Å². The molecule has 2 heterocycles. The number of rotatable bonds is 2. The molecule has 0 unspecified atom stereocenters. The molecule has 17 heavy (non-hydrogen) atoms. The van der Waals surface area contributed by atoms with Gasteiger partial charge < -0.3 is 0 Å². The van der Waals surface area contributed by atoms with Crippen LogP contribution in [0, 0.1) is 0 Å². The molecule has 1 aromatic rings. The van der Waals surface area contributed by atoms with E-state index in [9.17, 15) is 0 Å². The Morgan fingerprint density at radius 2 is 2.18 bits per heavy atom. The van der Waals surface area contributed by atoms with Crippen molar-refractivity contribution in [3.63, 3.8) is 0 Å². The Morgan fingerprint density at radius 1 is 1.41 bits per heavy atom. The fourth-order valence-corrected chi connectivity index (χ4v) is 3.30. The van der Waals surface area contributed by atoms with E-state index in [0.717, 1.165) is 12.1 Å². The average molecular weight is 272 g/mol. The van der Waals surface area contributed by atoms with Crippen LogP contribution < -0.4 is 5.53 Å². The monoisotopic (exact) mass is 271 g/mol. The minimum atomic E-state index is 0.303. The van der Waals surface area contributed by atoms with Crippen molar-refractivity contribution < 1.29 is 0 Å². The molecule has 0 aromatic carbocycles. The van der Waals surface area contributed by atoms with Crippen LogP contribution in [0.3, 0.4) is 0 Å². The van der Waals surface area contributed by atoms with Gasteiger partial charge in [0.1, 0.15) is 0 Å². The highest BCUT2D eigenvalue weighted by Crippen LogP contribution is 2.47. The maximum absolute atomic E-state index is 6.18. The number of nitrogens with zero attached hydrogens (tertiary/aromatic N) is 2. The van der Waals surface area contributed by atoms with Crippen LogP contribution in [0.15, 0.2) is 18.3 Å². The average Bonchev–Trinajstić information content (AvgIpc) is 2.62. The Labute approximate surface area is 111 Å². The van der Waals surface area contributed by atoms with Crippen molar-refractivity contribution >= 4 is 28.4 Å². The van der Waals surface area contributed by atoms with Gasteiger partial charge >= 0.3 is 0 Å². The van der Waals surface area contributed by atoms with Crippen molar-refractivity contribution in [2.45, 2.75) is 38.0 Å². The molecule has 1 aliphatic heterocycles. The molecule has 0 bridgehead atoms. The number of hydrogen-bond acceptors (Lipinski definition) is 2. The van der Waals surface area contributed by atoms with Gasteiger partial charge in [-0.3, -0.25) is 0 Å². The summed E-state index contributed by atoms with van der Waals surface area (Å²) in [4.78, 5) is 0. The number of fused-ring (bicyclic) bond motifs is 1. The normalized spacial score (nSPS) is 21.4. The standard InChI is InChI=1S/C12H15Cl2N3/c1-2-12(6-3-7-12)11-5-4-10-9(13)8-16(14)15-17(10)11/h4-5,8,15H,2-3,6-7H2,1H3. The van der Waals surface area contributed by atoms with Gasteiger partial charge in [-0.2, -0.15) is 4.53 Å². The molecule has 0 atom stereocenters. The molecule has 0 saturated heterocycles. The maximum atomic E-state index is 6.18. The number of hydrazine groups is 1. The third-order valence-corrected chi connectivity index (χ3v) is 4.54. The number of hydrogen-bond donors (Lipinski definition) is 1. The molecular weight excluding hydrogens is 257 g/mol. The van der Waals surface area contributed by atoms with Gasteiger partial charge in [0.15, 0.2) is 0 Å². The number of aromatic nitrogens is 1. The fraction of sp³-hybridized carbons (Fsp3) is 0.500. The van der Waals surface area contributed by atoms with E-state index in [1.807, 2.05) is 4.68 Å². The van der Waals surface area contributed by atoms with Crippen LogP contribution in [0.4, 0.5) is 0 Å². The van der Waals surface area contributed by atoms with E-state index in [1.54, 1.807) is 6.20 Å². The van der Waals surface area contributed by atoms with E-state index in [1.165, 1.54) is 29.5 Å². The zero-order valence-electron chi connectivity index (χ0n) is 9.71. The summed E-state index contributed by atoms with van der Waals surface area (Å²) in [5, 5.41) is 0.663. The Bertz CT molecular complexity index is 469. The molecule has 5 heteroatoms. The molecule has 0 radical (unpaired) electrons. The SMILES string of the molecule is CCC1(c2ccc3n2NN(Cl)C=C3Cl)CCC1. The summed E-state index contributed by atoms with van der Waals surface area (Å²) in [7, 11) is 0. The highest BCUT2D eigenvalue weighted by Gasteiger charge is 2.40. The Balaban J connectivity index is 2.07. The second kappa shape index (κ2) is 3.85. The Morgan fingerprint density at radius 3 is 2.76 bits per heavy atom. The number of halogens is 2. The second-order valence-corrected chi connectivity index (χ2v) is 5.59. The van der Waals surface area contributed by atoms with Crippen molar-refractivity contribution in [3.05, 3.63) is 29.7 Å². The first kappa shape index (κ1) is 11.3. The van der Waals surface area contributed by atoms with E-state index in [0.29, 0.717) is 10.4 Å². The summed E-state index contributed by atoms with van der Waals surface area (Å²) in [5.41, 5.74) is 5.68. The molecule has 0 spiro atoms. The molecule has 1 N–H and O–H groups in total. The van der Waals surface area contributed by atoms with Crippen LogP contribution >= 0.6 is 23.4 Å². The summed E-state index contributed by atoms with van der Waals surface area (Å²) in [6, 6.07) is 4.22. The van der Waals surface area contributed by atoms with Gasteiger partial charge in [-0.1, -0.05) is 24.9 Å². The van der Waals surface area contributed by atoms with Crippen molar-refractivity contribution in [2.75, 3.05) is 5.53 Å². The van der Waals surface area contributed by atoms with E-state index in [2.05, 4.69) is 24.6 Å². The molecule has 3 nitrogen and oxygen atoms in total. The van der Waals surface area contributed by atoms with Crippen LogP contribution in [-0.4, -0.2) is 9.20 Å². The quantitative estimate of drug-likeness (QED) is 0.827. The van der Waals surface area contributed by atoms with Crippen molar-refractivity contribution in [1.82, 2.24) is 9.20 Å². The smallest absolute Gasteiger partial charge is 0.0857 e. The van der Waals surface area contributed by atoms with Crippen LogP contribution in [0.25, 0.3) is 5.03 Å². The molecule has 0 amide bonds. The van der Waals surface area contributed by atoms with E-state index >= 15 is 0 Å². The fourth-order valence-electron chi connectivity index (χ4n) is 2.83. The van der Waals surface area contributed by atoms with Crippen LogP contribution in [0.2, 0.25) is 0 Å². The summed E-state index contributed by atoms with van der Waals surface area (Å²) < 4.78 is 3.39. The lowest BCUT2D eigenvalue weighted by Gasteiger charge is -2.42. The predicted molar refractivity (Wildman–Crippen MR) is 71.1 cm³/mol. The second-order valence-electron chi connectivity index (χ2n) is 4.81. The van der Waals surface area contributed by atoms with E-state index in [4.69, 9.17) is 23.4 Å². The summed E-state index contributed by atoms with van der Waals surface area (Å²) in [5.74, 6) is 0. The van der Waals surface area contributed by atoms with Gasteiger partial charge in [0.05, 0.1) is 16.9 Å². The molecule has 2 aliphatic rings. The summed E-state index contributed by atoms with van der Waals surface area (Å²) in [6.45, 7) is 2.25. The van der Waals surface area contributed by atoms with Gasteiger partial charge in [-0.25, -0.2) is 10.2 Å². The molecule has 92 valence electrons. The number of nitrogens with one attached hydrogen (secondary N) is 1.